The Kier molecular flexibility index (Phi) is 12.3. The van der Waals surface area contributed by atoms with Crippen molar-refractivity contribution in [1.82, 2.24) is 19.3 Å². The van der Waals surface area contributed by atoms with Gasteiger partial charge in [0.15, 0.2) is 0 Å². The van der Waals surface area contributed by atoms with E-state index in [0.29, 0.717) is 6.07 Å². The Balaban J connectivity index is 1.76. The van der Waals surface area contributed by atoms with E-state index in [-0.39, 0.29) is 30.8 Å². The predicted molar refractivity (Wildman–Crippen MR) is 158 cm³/mol. The van der Waals surface area contributed by atoms with Crippen LogP contribution in [0.1, 0.15) is 42.5 Å². The molecule has 44 heavy (non-hydrogen) atoms. The van der Waals surface area contributed by atoms with E-state index in [0.717, 1.165) is 46.3 Å². The average molecular weight is 657 g/mol. The Hall–Kier alpha value is -3.53. The minimum absolute atomic E-state index is 0.0574. The van der Waals surface area contributed by atoms with Gasteiger partial charge in [-0.25, -0.2) is 21.8 Å². The minimum atomic E-state index is -4.79. The van der Waals surface area contributed by atoms with Gasteiger partial charge in [0, 0.05) is 42.8 Å². The first-order valence-electron chi connectivity index (χ1n) is 13.4. The zero-order chi connectivity index (χ0) is 32.5. The largest absolute Gasteiger partial charge is 0.480 e. The second-order valence-corrected chi connectivity index (χ2v) is 12.9. The maximum atomic E-state index is 13.8. The van der Waals surface area contributed by atoms with Crippen LogP contribution < -0.4 is 10.0 Å². The van der Waals surface area contributed by atoms with Gasteiger partial charge in [-0.1, -0.05) is 18.2 Å². The van der Waals surface area contributed by atoms with E-state index < -0.39 is 57.8 Å². The van der Waals surface area contributed by atoms with Crippen LogP contribution in [-0.4, -0.2) is 60.1 Å². The molecule has 0 aliphatic carbocycles. The lowest BCUT2D eigenvalue weighted by molar-refractivity contribution is -0.140. The Morgan fingerprint density at radius 2 is 1.89 bits per heavy atom. The smallest absolute Gasteiger partial charge is 0.417 e. The molecule has 3 rings (SSSR count). The van der Waals surface area contributed by atoms with Crippen molar-refractivity contribution in [2.75, 3.05) is 25.4 Å². The van der Waals surface area contributed by atoms with Gasteiger partial charge in [0.1, 0.15) is 12.4 Å². The molecule has 0 radical (unpaired) electrons. The molecule has 3 N–H and O–H groups in total. The maximum Gasteiger partial charge on any atom is 0.417 e. The quantitative estimate of drug-likeness (QED) is 0.151. The molecule has 0 aliphatic rings. The molecule has 238 valence electrons. The number of aryl methyl sites for hydroxylation is 1. The third-order valence-corrected chi connectivity index (χ3v) is 9.13. The van der Waals surface area contributed by atoms with Crippen LogP contribution in [0.15, 0.2) is 65.8 Å². The number of halogens is 4. The van der Waals surface area contributed by atoms with E-state index in [1.165, 1.54) is 0 Å². The Morgan fingerprint density at radius 3 is 2.57 bits per heavy atom. The van der Waals surface area contributed by atoms with Crippen LogP contribution in [0.25, 0.3) is 11.1 Å². The highest BCUT2D eigenvalue weighted by Gasteiger charge is 2.35. The summed E-state index contributed by atoms with van der Waals surface area (Å²) in [6.45, 7) is 2.86. The SMILES string of the molecule is Cc1cnccc1-c1cccc([C@H](C)N(CCCC(=O)NCCS(=O)(=O)NCC(=O)O)Sc2ccc(F)cc2C(F)(F)F)c1. The lowest BCUT2D eigenvalue weighted by atomic mass is 9.98. The van der Waals surface area contributed by atoms with Crippen LogP contribution in [0.5, 0.6) is 0 Å². The van der Waals surface area contributed by atoms with Gasteiger partial charge < -0.3 is 10.4 Å². The van der Waals surface area contributed by atoms with Crippen LogP contribution in [-0.2, 0) is 25.8 Å². The number of nitrogens with one attached hydrogen (secondary N) is 2. The van der Waals surface area contributed by atoms with Crippen molar-refractivity contribution in [2.45, 2.75) is 43.8 Å². The zero-order valence-corrected chi connectivity index (χ0v) is 25.5. The molecule has 0 unspecified atom stereocenters. The average Bonchev–Trinajstić information content (AvgIpc) is 2.96. The zero-order valence-electron chi connectivity index (χ0n) is 23.9. The van der Waals surface area contributed by atoms with Crippen LogP contribution in [0, 0.1) is 12.7 Å². The number of carboxylic acids is 1. The number of pyridine rings is 1. The summed E-state index contributed by atoms with van der Waals surface area (Å²) in [7, 11) is -3.91. The highest BCUT2D eigenvalue weighted by Crippen LogP contribution is 2.41. The minimum Gasteiger partial charge on any atom is -0.480 e. The Bertz CT molecular complexity index is 1570. The van der Waals surface area contributed by atoms with Crippen LogP contribution >= 0.6 is 11.9 Å². The molecule has 1 aromatic heterocycles. The fraction of sp³-hybridized carbons (Fsp3) is 0.345. The van der Waals surface area contributed by atoms with E-state index in [4.69, 9.17) is 5.11 Å². The van der Waals surface area contributed by atoms with Crippen molar-refractivity contribution in [1.29, 1.82) is 0 Å². The molecule has 0 bridgehead atoms. The number of carbonyl (C=O) groups is 2. The van der Waals surface area contributed by atoms with Crippen molar-refractivity contribution in [3.05, 3.63) is 83.4 Å². The molecule has 0 saturated carbocycles. The summed E-state index contributed by atoms with van der Waals surface area (Å²) in [4.78, 5) is 26.9. The predicted octanol–water partition coefficient (Wildman–Crippen LogP) is 5.19. The Morgan fingerprint density at radius 1 is 1.14 bits per heavy atom. The number of hydrogen-bond donors (Lipinski definition) is 3. The molecule has 0 fully saturated rings. The summed E-state index contributed by atoms with van der Waals surface area (Å²) < 4.78 is 82.4. The summed E-state index contributed by atoms with van der Waals surface area (Å²) in [6.07, 6.45) is -1.25. The first-order valence-corrected chi connectivity index (χ1v) is 15.9. The highest BCUT2D eigenvalue weighted by molar-refractivity contribution is 7.97. The number of benzene rings is 2. The third-order valence-electron chi connectivity index (χ3n) is 6.51. The van der Waals surface area contributed by atoms with E-state index in [2.05, 4.69) is 10.3 Å². The molecule has 1 amide bonds. The monoisotopic (exact) mass is 656 g/mol. The van der Waals surface area contributed by atoms with Crippen LogP contribution in [0.2, 0.25) is 0 Å². The summed E-state index contributed by atoms with van der Waals surface area (Å²) >= 11 is 0.809. The number of aromatic nitrogens is 1. The molecule has 9 nitrogen and oxygen atoms in total. The number of aliphatic carboxylic acids is 1. The molecule has 0 aliphatic heterocycles. The molecule has 2 aromatic carbocycles. The van der Waals surface area contributed by atoms with E-state index in [9.17, 15) is 35.6 Å². The standard InChI is InChI=1S/C29H32F4N4O5S2/c1-19-17-34-11-10-24(19)22-6-3-5-21(15-22)20(2)37(43-26-9-8-23(30)16-25(26)29(31,32)33)13-4-7-27(38)35-12-14-44(41,42)36-18-28(39)40/h3,5-6,8-11,15-17,20,36H,4,7,12-14,18H2,1-2H3,(H,35,38)(H,39,40)/t20-/m0/s1. The molecule has 1 atom stereocenters. The second kappa shape index (κ2) is 15.5. The van der Waals surface area contributed by atoms with Crippen molar-refractivity contribution in [3.63, 3.8) is 0 Å². The molecule has 0 saturated heterocycles. The summed E-state index contributed by atoms with van der Waals surface area (Å²) in [6, 6.07) is 11.4. The topological polar surface area (TPSA) is 129 Å². The summed E-state index contributed by atoms with van der Waals surface area (Å²) in [5.74, 6) is -3.37. The lowest BCUT2D eigenvalue weighted by Gasteiger charge is -2.29. The van der Waals surface area contributed by atoms with Crippen LogP contribution in [0.3, 0.4) is 0 Å². The first-order chi connectivity index (χ1) is 20.7. The number of amides is 1. The molecule has 15 heteroatoms. The van der Waals surface area contributed by atoms with Gasteiger partial charge in [0.2, 0.25) is 15.9 Å². The van der Waals surface area contributed by atoms with Gasteiger partial charge in [0.25, 0.3) is 0 Å². The number of sulfonamides is 1. The van der Waals surface area contributed by atoms with Gasteiger partial charge in [-0.3, -0.25) is 14.6 Å². The molecular formula is C29H32F4N4O5S2. The third kappa shape index (κ3) is 10.6. The van der Waals surface area contributed by atoms with E-state index in [1.54, 1.807) is 16.7 Å². The van der Waals surface area contributed by atoms with E-state index >= 15 is 0 Å². The van der Waals surface area contributed by atoms with Gasteiger partial charge in [-0.05, 0) is 84.8 Å². The first kappa shape index (κ1) is 35.0. The number of nitrogens with zero attached hydrogens (tertiary/aromatic N) is 2. The fourth-order valence-electron chi connectivity index (χ4n) is 4.23. The van der Waals surface area contributed by atoms with Crippen LogP contribution in [0.4, 0.5) is 17.6 Å². The molecule has 0 spiro atoms. The molecule has 3 aromatic rings. The number of carboxylic acid groups (broad SMARTS) is 1. The molecular weight excluding hydrogens is 624 g/mol. The number of carbonyl (C=O) groups excluding carboxylic acids is 1. The number of rotatable bonds is 15. The van der Waals surface area contributed by atoms with Crippen molar-refractivity contribution >= 4 is 33.8 Å². The molecule has 1 heterocycles. The van der Waals surface area contributed by atoms with Crippen molar-refractivity contribution in [2.24, 2.45) is 0 Å². The number of hydrogen-bond acceptors (Lipinski definition) is 7. The lowest BCUT2D eigenvalue weighted by Crippen LogP contribution is -2.36. The summed E-state index contributed by atoms with van der Waals surface area (Å²) in [5.41, 5.74) is 2.47. The van der Waals surface area contributed by atoms with Crippen molar-refractivity contribution in [3.8, 4) is 11.1 Å². The second-order valence-electron chi connectivity index (χ2n) is 9.85. The fourth-order valence-corrected chi connectivity index (χ4v) is 6.24. The highest BCUT2D eigenvalue weighted by atomic mass is 32.2. The van der Waals surface area contributed by atoms with Gasteiger partial charge in [-0.15, -0.1) is 0 Å². The maximum absolute atomic E-state index is 13.8. The summed E-state index contributed by atoms with van der Waals surface area (Å²) in [5, 5.41) is 11.1. The van der Waals surface area contributed by atoms with Gasteiger partial charge in [-0.2, -0.15) is 13.2 Å². The number of alkyl halides is 3. The van der Waals surface area contributed by atoms with Gasteiger partial charge in [0.05, 0.1) is 11.3 Å². The van der Waals surface area contributed by atoms with Gasteiger partial charge >= 0.3 is 12.1 Å². The van der Waals surface area contributed by atoms with E-state index in [1.807, 2.05) is 48.9 Å². The normalized spacial score (nSPS) is 12.7. The Labute approximate surface area is 257 Å². The van der Waals surface area contributed by atoms with Crippen molar-refractivity contribution < 1.29 is 40.7 Å².